The summed E-state index contributed by atoms with van der Waals surface area (Å²) in [5.41, 5.74) is 0.873. The summed E-state index contributed by atoms with van der Waals surface area (Å²) in [4.78, 5) is 36.5. The van der Waals surface area contributed by atoms with E-state index in [0.29, 0.717) is 16.8 Å². The average Bonchev–Trinajstić information content (AvgIpc) is 2.54. The van der Waals surface area contributed by atoms with Crippen molar-refractivity contribution in [3.8, 4) is 0 Å². The molecular formula is C19H16BrNO4. The van der Waals surface area contributed by atoms with Gasteiger partial charge in [-0.3, -0.25) is 9.59 Å². The molecule has 1 amide bonds. The molecule has 0 saturated carbocycles. The van der Waals surface area contributed by atoms with E-state index in [-0.39, 0.29) is 12.2 Å². The highest BCUT2D eigenvalue weighted by atomic mass is 79.9. The van der Waals surface area contributed by atoms with Gasteiger partial charge in [-0.05, 0) is 49.7 Å². The first-order chi connectivity index (χ1) is 11.8. The Morgan fingerprint density at radius 2 is 1.96 bits per heavy atom. The molecule has 6 heteroatoms. The van der Waals surface area contributed by atoms with Gasteiger partial charge in [0.25, 0.3) is 5.91 Å². The molecule has 0 spiro atoms. The second-order valence-electron chi connectivity index (χ2n) is 6.19. The lowest BCUT2D eigenvalue weighted by Gasteiger charge is -2.33. The number of rotatable bonds is 3. The number of carbonyl (C=O) groups excluding carboxylic acids is 3. The molecule has 128 valence electrons. The zero-order valence-corrected chi connectivity index (χ0v) is 15.3. The fourth-order valence-corrected chi connectivity index (χ4v) is 3.18. The number of carbonyl (C=O) groups is 3. The van der Waals surface area contributed by atoms with Crippen LogP contribution in [0.1, 0.15) is 40.1 Å². The van der Waals surface area contributed by atoms with E-state index in [9.17, 15) is 14.4 Å². The summed E-state index contributed by atoms with van der Waals surface area (Å²) in [5.74, 6) is -1.05. The average molecular weight is 402 g/mol. The van der Waals surface area contributed by atoms with Gasteiger partial charge >= 0.3 is 5.97 Å². The molecule has 1 N–H and O–H groups in total. The van der Waals surface area contributed by atoms with Gasteiger partial charge in [-0.25, -0.2) is 4.79 Å². The summed E-state index contributed by atoms with van der Waals surface area (Å²) >= 11 is 3.38. The van der Waals surface area contributed by atoms with Crippen LogP contribution in [0.3, 0.4) is 0 Å². The van der Waals surface area contributed by atoms with Crippen LogP contribution in [0.4, 0.5) is 5.69 Å². The monoisotopic (exact) mass is 401 g/mol. The van der Waals surface area contributed by atoms with Crippen LogP contribution < -0.4 is 5.32 Å². The van der Waals surface area contributed by atoms with E-state index in [1.54, 1.807) is 43.3 Å². The lowest BCUT2D eigenvalue weighted by Crippen LogP contribution is -2.48. The Hall–Kier alpha value is -2.47. The van der Waals surface area contributed by atoms with Crippen molar-refractivity contribution < 1.29 is 19.1 Å². The highest BCUT2D eigenvalue weighted by Crippen LogP contribution is 2.31. The van der Waals surface area contributed by atoms with Crippen LogP contribution in [-0.4, -0.2) is 23.3 Å². The van der Waals surface area contributed by atoms with E-state index < -0.39 is 17.5 Å². The number of hydrogen-bond donors (Lipinski definition) is 1. The van der Waals surface area contributed by atoms with Gasteiger partial charge in [-0.1, -0.05) is 28.1 Å². The topological polar surface area (TPSA) is 72.5 Å². The molecule has 1 unspecified atom stereocenters. The summed E-state index contributed by atoms with van der Waals surface area (Å²) in [6.07, 6.45) is 0.270. The van der Waals surface area contributed by atoms with Crippen LogP contribution in [0.25, 0.3) is 0 Å². The number of amides is 1. The molecular weight excluding hydrogens is 386 g/mol. The number of Topliss-reactive ketones (excluding diaryl/α,β-unsaturated/α-hetero) is 1. The Kier molecular flexibility index (Phi) is 4.47. The number of halogens is 1. The minimum Gasteiger partial charge on any atom is -0.445 e. The zero-order chi connectivity index (χ0) is 18.2. The largest absolute Gasteiger partial charge is 0.445 e. The first kappa shape index (κ1) is 17.4. The zero-order valence-electron chi connectivity index (χ0n) is 13.8. The number of ketones is 1. The summed E-state index contributed by atoms with van der Waals surface area (Å²) in [5, 5.41) is 2.73. The Bertz CT molecular complexity index is 893. The number of hydrogen-bond acceptors (Lipinski definition) is 4. The highest BCUT2D eigenvalue weighted by Gasteiger charge is 2.42. The standard InChI is InChI=1S/C19H16BrNO4/c1-11(22)12-4-3-5-15(9-12)21-18(24)19(2)10-13-8-14(20)6-7-16(13)17(23)25-19/h3-9H,10H2,1-2H3,(H,21,24). The first-order valence-corrected chi connectivity index (χ1v) is 8.52. The fraction of sp³-hybridized carbons (Fsp3) is 0.211. The Balaban J connectivity index is 1.86. The number of esters is 1. The third-order valence-electron chi connectivity index (χ3n) is 4.14. The molecule has 1 heterocycles. The summed E-state index contributed by atoms with van der Waals surface area (Å²) in [7, 11) is 0. The second kappa shape index (κ2) is 6.44. The number of ether oxygens (including phenoxy) is 1. The van der Waals surface area contributed by atoms with Crippen molar-refractivity contribution in [1.82, 2.24) is 0 Å². The minimum atomic E-state index is -1.32. The van der Waals surface area contributed by atoms with Crippen LogP contribution in [0.15, 0.2) is 46.9 Å². The quantitative estimate of drug-likeness (QED) is 0.627. The van der Waals surface area contributed by atoms with E-state index in [0.717, 1.165) is 10.0 Å². The molecule has 0 saturated heterocycles. The van der Waals surface area contributed by atoms with E-state index in [4.69, 9.17) is 4.74 Å². The third-order valence-corrected chi connectivity index (χ3v) is 4.63. The van der Waals surface area contributed by atoms with E-state index in [1.807, 2.05) is 6.07 Å². The Morgan fingerprint density at radius 3 is 2.68 bits per heavy atom. The molecule has 0 aliphatic carbocycles. The maximum Gasteiger partial charge on any atom is 0.339 e. The smallest absolute Gasteiger partial charge is 0.339 e. The molecule has 3 rings (SSSR count). The van der Waals surface area contributed by atoms with Gasteiger partial charge in [-0.15, -0.1) is 0 Å². The predicted molar refractivity (Wildman–Crippen MR) is 96.7 cm³/mol. The third kappa shape index (κ3) is 3.49. The van der Waals surface area contributed by atoms with Gasteiger partial charge in [0.05, 0.1) is 5.56 Å². The van der Waals surface area contributed by atoms with Crippen molar-refractivity contribution in [2.75, 3.05) is 5.32 Å². The number of nitrogens with one attached hydrogen (secondary N) is 1. The molecule has 1 atom stereocenters. The van der Waals surface area contributed by atoms with Gasteiger partial charge in [0.15, 0.2) is 11.4 Å². The van der Waals surface area contributed by atoms with E-state index in [1.165, 1.54) is 6.92 Å². The van der Waals surface area contributed by atoms with Gasteiger partial charge in [0.1, 0.15) is 0 Å². The molecule has 2 aromatic rings. The molecule has 1 aliphatic heterocycles. The maximum atomic E-state index is 12.7. The molecule has 2 aromatic carbocycles. The van der Waals surface area contributed by atoms with Gasteiger partial charge < -0.3 is 10.1 Å². The van der Waals surface area contributed by atoms with Crippen LogP contribution in [0, 0.1) is 0 Å². The van der Waals surface area contributed by atoms with Crippen molar-refractivity contribution in [2.45, 2.75) is 25.9 Å². The van der Waals surface area contributed by atoms with Crippen LogP contribution >= 0.6 is 15.9 Å². The van der Waals surface area contributed by atoms with E-state index >= 15 is 0 Å². The summed E-state index contributed by atoms with van der Waals surface area (Å²) in [6.45, 7) is 3.04. The highest BCUT2D eigenvalue weighted by molar-refractivity contribution is 9.10. The number of benzene rings is 2. The maximum absolute atomic E-state index is 12.7. The van der Waals surface area contributed by atoms with Gasteiger partial charge in [0, 0.05) is 22.1 Å². The van der Waals surface area contributed by atoms with Crippen LogP contribution in [0.5, 0.6) is 0 Å². The van der Waals surface area contributed by atoms with Crippen molar-refractivity contribution in [3.63, 3.8) is 0 Å². The SMILES string of the molecule is CC(=O)c1cccc(NC(=O)C2(C)Cc3cc(Br)ccc3C(=O)O2)c1. The Morgan fingerprint density at radius 1 is 1.20 bits per heavy atom. The molecule has 0 aromatic heterocycles. The molecule has 0 radical (unpaired) electrons. The number of cyclic esters (lactones) is 1. The first-order valence-electron chi connectivity index (χ1n) is 7.73. The second-order valence-corrected chi connectivity index (χ2v) is 7.11. The van der Waals surface area contributed by atoms with Crippen molar-refractivity contribution in [1.29, 1.82) is 0 Å². The molecule has 1 aliphatic rings. The van der Waals surface area contributed by atoms with Crippen LogP contribution in [0.2, 0.25) is 0 Å². The summed E-state index contributed by atoms with van der Waals surface area (Å²) < 4.78 is 6.25. The normalized spacial score (nSPS) is 18.9. The predicted octanol–water partition coefficient (Wildman–Crippen LogP) is 3.76. The number of fused-ring (bicyclic) bond motifs is 1. The van der Waals surface area contributed by atoms with Gasteiger partial charge in [-0.2, -0.15) is 0 Å². The van der Waals surface area contributed by atoms with E-state index in [2.05, 4.69) is 21.2 Å². The molecule has 25 heavy (non-hydrogen) atoms. The molecule has 0 bridgehead atoms. The van der Waals surface area contributed by atoms with Crippen molar-refractivity contribution in [2.24, 2.45) is 0 Å². The van der Waals surface area contributed by atoms with Crippen LogP contribution in [-0.2, 0) is 16.0 Å². The van der Waals surface area contributed by atoms with Gasteiger partial charge in [0.2, 0.25) is 0 Å². The fourth-order valence-electron chi connectivity index (χ4n) is 2.77. The Labute approximate surface area is 153 Å². The lowest BCUT2D eigenvalue weighted by atomic mass is 9.89. The minimum absolute atomic E-state index is 0.0924. The number of anilines is 1. The molecule has 0 fully saturated rings. The van der Waals surface area contributed by atoms with Crippen molar-refractivity contribution >= 4 is 39.3 Å². The molecule has 5 nitrogen and oxygen atoms in total. The lowest BCUT2D eigenvalue weighted by molar-refractivity contribution is -0.134. The summed E-state index contributed by atoms with van der Waals surface area (Å²) in [6, 6.07) is 11.9. The van der Waals surface area contributed by atoms with Crippen molar-refractivity contribution in [3.05, 3.63) is 63.6 Å².